The largest absolute Gasteiger partial charge is 0.411 e. The van der Waals surface area contributed by atoms with Crippen LogP contribution in [0.2, 0.25) is 0 Å². The molecular formula is C10H16N2O2. The van der Waals surface area contributed by atoms with Crippen molar-refractivity contribution in [3.8, 4) is 0 Å². The third-order valence-electron chi connectivity index (χ3n) is 1.58. The molecule has 0 fully saturated rings. The Hall–Kier alpha value is -1.58. The Morgan fingerprint density at radius 2 is 1.64 bits per heavy atom. The molecule has 0 atom stereocenters. The number of rotatable bonds is 4. The number of hydrogen-bond donors (Lipinski definition) is 2. The molecule has 0 unspecified atom stereocenters. The van der Waals surface area contributed by atoms with Crippen LogP contribution in [-0.4, -0.2) is 21.8 Å². The van der Waals surface area contributed by atoms with E-state index >= 15 is 0 Å². The molecule has 0 saturated heterocycles. The van der Waals surface area contributed by atoms with Crippen LogP contribution in [0.4, 0.5) is 0 Å². The summed E-state index contributed by atoms with van der Waals surface area (Å²) in [6.07, 6.45) is 6.78. The maximum Gasteiger partial charge on any atom is 0.0821 e. The second-order valence-electron chi connectivity index (χ2n) is 3.14. The highest BCUT2D eigenvalue weighted by Gasteiger charge is 1.99. The minimum absolute atomic E-state index is 0.178. The number of allylic oxidation sites excluding steroid dienone is 4. The van der Waals surface area contributed by atoms with Crippen molar-refractivity contribution in [2.45, 2.75) is 20.8 Å². The molecule has 0 aromatic rings. The van der Waals surface area contributed by atoms with Crippen molar-refractivity contribution < 1.29 is 10.4 Å². The summed E-state index contributed by atoms with van der Waals surface area (Å²) in [5, 5.41) is 23.0. The van der Waals surface area contributed by atoms with Crippen LogP contribution in [0.15, 0.2) is 34.6 Å². The van der Waals surface area contributed by atoms with Crippen molar-refractivity contribution in [3.63, 3.8) is 0 Å². The fraction of sp³-hybridized carbons (Fsp3) is 0.400. The van der Waals surface area contributed by atoms with Crippen molar-refractivity contribution in [3.05, 3.63) is 24.3 Å². The van der Waals surface area contributed by atoms with Gasteiger partial charge in [0, 0.05) is 0 Å². The Morgan fingerprint density at radius 1 is 1.07 bits per heavy atom. The molecule has 14 heavy (non-hydrogen) atoms. The molecule has 0 amide bonds. The summed E-state index contributed by atoms with van der Waals surface area (Å²) in [7, 11) is 0. The summed E-state index contributed by atoms with van der Waals surface area (Å²) in [4.78, 5) is 0. The van der Waals surface area contributed by atoms with Gasteiger partial charge >= 0.3 is 0 Å². The highest BCUT2D eigenvalue weighted by molar-refractivity contribution is 5.96. The number of hydrogen-bond acceptors (Lipinski definition) is 4. The molecule has 4 heteroatoms. The van der Waals surface area contributed by atoms with E-state index in [1.807, 2.05) is 13.8 Å². The summed E-state index contributed by atoms with van der Waals surface area (Å²) in [6.45, 7) is 5.54. The van der Waals surface area contributed by atoms with Gasteiger partial charge in [0.25, 0.3) is 0 Å². The summed E-state index contributed by atoms with van der Waals surface area (Å²) in [6, 6.07) is 0. The van der Waals surface area contributed by atoms with Gasteiger partial charge in [-0.05, 0) is 25.0 Å². The molecule has 0 radical (unpaired) electrons. The zero-order valence-electron chi connectivity index (χ0n) is 8.68. The molecule has 78 valence electrons. The molecule has 4 nitrogen and oxygen atoms in total. The lowest BCUT2D eigenvalue weighted by molar-refractivity contribution is 0.316. The second kappa shape index (κ2) is 6.88. The van der Waals surface area contributed by atoms with E-state index in [9.17, 15) is 0 Å². The first-order valence-corrected chi connectivity index (χ1v) is 4.37. The molecule has 2 N–H and O–H groups in total. The van der Waals surface area contributed by atoms with Gasteiger partial charge in [-0.1, -0.05) is 36.3 Å². The quantitative estimate of drug-likeness (QED) is 0.314. The van der Waals surface area contributed by atoms with Crippen LogP contribution >= 0.6 is 0 Å². The van der Waals surface area contributed by atoms with E-state index in [0.29, 0.717) is 11.4 Å². The van der Waals surface area contributed by atoms with Crippen LogP contribution in [-0.2, 0) is 0 Å². The lowest BCUT2D eigenvalue weighted by Crippen LogP contribution is -2.02. The van der Waals surface area contributed by atoms with E-state index in [4.69, 9.17) is 10.4 Å². The van der Waals surface area contributed by atoms with Gasteiger partial charge in [-0.25, -0.2) is 0 Å². The normalized spacial score (nSPS) is 14.9. The van der Waals surface area contributed by atoms with E-state index in [2.05, 4.69) is 10.3 Å². The van der Waals surface area contributed by atoms with Gasteiger partial charge in [-0.2, -0.15) is 0 Å². The van der Waals surface area contributed by atoms with E-state index in [-0.39, 0.29) is 5.92 Å². The molecule has 0 aromatic heterocycles. The van der Waals surface area contributed by atoms with Crippen molar-refractivity contribution in [1.29, 1.82) is 0 Å². The van der Waals surface area contributed by atoms with Crippen molar-refractivity contribution in [2.24, 2.45) is 16.2 Å². The zero-order valence-corrected chi connectivity index (χ0v) is 8.68. The second-order valence-corrected chi connectivity index (χ2v) is 3.14. The van der Waals surface area contributed by atoms with Crippen LogP contribution < -0.4 is 0 Å². The lowest BCUT2D eigenvalue weighted by atomic mass is 10.1. The Labute approximate surface area is 83.9 Å². The molecule has 0 rings (SSSR count). The average molecular weight is 196 g/mol. The Balaban J connectivity index is 4.25. The first-order valence-electron chi connectivity index (χ1n) is 4.37. The third kappa shape index (κ3) is 5.13. The molecule has 0 aliphatic rings. The molecule has 0 heterocycles. The first kappa shape index (κ1) is 12.4. The SMILES string of the molecule is CC(C=CC=CC(=NO)C(C)C)=NO. The van der Waals surface area contributed by atoms with Crippen molar-refractivity contribution in [1.82, 2.24) is 0 Å². The van der Waals surface area contributed by atoms with Gasteiger partial charge in [0.2, 0.25) is 0 Å². The predicted octanol–water partition coefficient (Wildman–Crippen LogP) is 2.44. The molecule has 0 aliphatic carbocycles. The Morgan fingerprint density at radius 3 is 2.07 bits per heavy atom. The van der Waals surface area contributed by atoms with E-state index in [1.165, 1.54) is 0 Å². The maximum atomic E-state index is 8.60. The highest BCUT2D eigenvalue weighted by Crippen LogP contribution is 1.98. The fourth-order valence-electron chi connectivity index (χ4n) is 0.724. The summed E-state index contributed by atoms with van der Waals surface area (Å²) < 4.78 is 0. The van der Waals surface area contributed by atoms with E-state index < -0.39 is 0 Å². The fourth-order valence-corrected chi connectivity index (χ4v) is 0.724. The van der Waals surface area contributed by atoms with Crippen LogP contribution in [0.1, 0.15) is 20.8 Å². The Bertz CT molecular complexity index is 276. The molecule has 0 aromatic carbocycles. The molecule has 0 bridgehead atoms. The van der Waals surface area contributed by atoms with Gasteiger partial charge in [0.1, 0.15) is 0 Å². The molecule has 0 spiro atoms. The minimum atomic E-state index is 0.178. The number of oxime groups is 2. The maximum absolute atomic E-state index is 8.60. The minimum Gasteiger partial charge on any atom is -0.411 e. The lowest BCUT2D eigenvalue weighted by Gasteiger charge is -1.99. The van der Waals surface area contributed by atoms with Gasteiger partial charge < -0.3 is 10.4 Å². The Kier molecular flexibility index (Phi) is 6.11. The summed E-state index contributed by atoms with van der Waals surface area (Å²) in [5.74, 6) is 0.178. The standard InChI is InChI=1S/C10H16N2O2/c1-8(2)10(12-14)7-5-4-6-9(3)11-13/h4-8,13-14H,1-3H3. The third-order valence-corrected chi connectivity index (χ3v) is 1.58. The summed E-state index contributed by atoms with van der Waals surface area (Å²) >= 11 is 0. The topological polar surface area (TPSA) is 65.2 Å². The average Bonchev–Trinajstić information content (AvgIpc) is 2.16. The summed E-state index contributed by atoms with van der Waals surface area (Å²) in [5.41, 5.74) is 1.12. The van der Waals surface area contributed by atoms with Crippen LogP contribution in [0.25, 0.3) is 0 Å². The molecular weight excluding hydrogens is 180 g/mol. The van der Waals surface area contributed by atoms with Crippen LogP contribution in [0, 0.1) is 5.92 Å². The van der Waals surface area contributed by atoms with E-state index in [1.54, 1.807) is 31.2 Å². The first-order chi connectivity index (χ1) is 6.61. The molecule has 0 saturated carbocycles. The predicted molar refractivity (Wildman–Crippen MR) is 57.2 cm³/mol. The monoisotopic (exact) mass is 196 g/mol. The van der Waals surface area contributed by atoms with Gasteiger partial charge in [-0.15, -0.1) is 0 Å². The van der Waals surface area contributed by atoms with Crippen LogP contribution in [0.5, 0.6) is 0 Å². The smallest absolute Gasteiger partial charge is 0.0821 e. The molecule has 0 aliphatic heterocycles. The van der Waals surface area contributed by atoms with Crippen molar-refractivity contribution in [2.75, 3.05) is 0 Å². The van der Waals surface area contributed by atoms with Gasteiger partial charge in [-0.3, -0.25) is 0 Å². The van der Waals surface area contributed by atoms with Crippen LogP contribution in [0.3, 0.4) is 0 Å². The zero-order chi connectivity index (χ0) is 11.0. The van der Waals surface area contributed by atoms with E-state index in [0.717, 1.165) is 0 Å². The van der Waals surface area contributed by atoms with Crippen molar-refractivity contribution >= 4 is 11.4 Å². The van der Waals surface area contributed by atoms with Gasteiger partial charge in [0.05, 0.1) is 11.4 Å². The highest BCUT2D eigenvalue weighted by atomic mass is 16.4. The van der Waals surface area contributed by atoms with Gasteiger partial charge in [0.15, 0.2) is 0 Å². The number of nitrogens with zero attached hydrogens (tertiary/aromatic N) is 2.